The van der Waals surface area contributed by atoms with Crippen molar-refractivity contribution < 1.29 is 10.2 Å². The molecule has 2 atom stereocenters. The number of hydrogen-bond acceptors (Lipinski definition) is 2. The van der Waals surface area contributed by atoms with Crippen LogP contribution in [-0.2, 0) is 0 Å². The molecule has 0 aliphatic carbocycles. The second-order valence-electron chi connectivity index (χ2n) is 4.70. The van der Waals surface area contributed by atoms with Crippen molar-refractivity contribution in [3.05, 3.63) is 0 Å². The summed E-state index contributed by atoms with van der Waals surface area (Å²) in [5, 5.41) is 19.1. The van der Waals surface area contributed by atoms with Crippen LogP contribution in [-0.4, -0.2) is 21.9 Å². The maximum Gasteiger partial charge on any atom is 0.0619 e. The number of aliphatic hydroxyl groups is 2. The first-order valence-corrected chi connectivity index (χ1v) is 5.88. The molecule has 14 heavy (non-hydrogen) atoms. The maximum absolute atomic E-state index is 9.97. The summed E-state index contributed by atoms with van der Waals surface area (Å²) in [6, 6.07) is 0. The molecule has 0 bridgehead atoms. The van der Waals surface area contributed by atoms with Gasteiger partial charge in [0.15, 0.2) is 0 Å². The van der Waals surface area contributed by atoms with Crippen LogP contribution < -0.4 is 0 Å². The molecule has 2 nitrogen and oxygen atoms in total. The molecule has 0 amide bonds. The summed E-state index contributed by atoms with van der Waals surface area (Å²) in [7, 11) is 0. The van der Waals surface area contributed by atoms with Gasteiger partial charge in [0.25, 0.3) is 0 Å². The smallest absolute Gasteiger partial charge is 0.0619 e. The van der Waals surface area contributed by atoms with Crippen LogP contribution in [0.25, 0.3) is 0 Å². The van der Waals surface area contributed by atoms with Crippen molar-refractivity contribution in [3.8, 4) is 0 Å². The molecule has 2 unspecified atom stereocenters. The van der Waals surface area contributed by atoms with Gasteiger partial charge in [-0.3, -0.25) is 0 Å². The van der Waals surface area contributed by atoms with E-state index in [0.717, 1.165) is 32.1 Å². The third-order valence-electron chi connectivity index (χ3n) is 2.66. The second kappa shape index (κ2) is 7.24. The topological polar surface area (TPSA) is 40.5 Å². The van der Waals surface area contributed by atoms with E-state index in [4.69, 9.17) is 5.11 Å². The van der Waals surface area contributed by atoms with E-state index in [9.17, 15) is 5.11 Å². The molecular weight excluding hydrogens is 176 g/mol. The molecule has 0 fully saturated rings. The van der Waals surface area contributed by atoms with Crippen LogP contribution in [0.5, 0.6) is 0 Å². The Bertz CT molecular complexity index is 130. The molecule has 0 radical (unpaired) electrons. The number of hydrogen-bond donors (Lipinski definition) is 2. The Labute approximate surface area is 88.3 Å². The summed E-state index contributed by atoms with van der Waals surface area (Å²) in [6.45, 7) is 5.87. The van der Waals surface area contributed by atoms with Gasteiger partial charge in [-0.05, 0) is 39.5 Å². The lowest BCUT2D eigenvalue weighted by Gasteiger charge is -2.23. The minimum atomic E-state index is -0.524. The lowest BCUT2D eigenvalue weighted by molar-refractivity contribution is 0.0335. The molecule has 2 N–H and O–H groups in total. The van der Waals surface area contributed by atoms with Gasteiger partial charge < -0.3 is 10.2 Å². The highest BCUT2D eigenvalue weighted by molar-refractivity contribution is 4.72. The summed E-state index contributed by atoms with van der Waals surface area (Å²) >= 11 is 0. The van der Waals surface area contributed by atoms with E-state index in [0.29, 0.717) is 0 Å². The Balaban J connectivity index is 3.50. The first-order valence-electron chi connectivity index (χ1n) is 5.88. The van der Waals surface area contributed by atoms with Crippen LogP contribution in [0, 0.1) is 0 Å². The lowest BCUT2D eigenvalue weighted by atomic mass is 9.92. The Morgan fingerprint density at radius 1 is 1.14 bits per heavy atom. The van der Waals surface area contributed by atoms with E-state index in [1.807, 2.05) is 6.92 Å². The summed E-state index contributed by atoms with van der Waals surface area (Å²) in [5.74, 6) is 0. The van der Waals surface area contributed by atoms with Gasteiger partial charge in [-0.15, -0.1) is 0 Å². The van der Waals surface area contributed by atoms with E-state index in [-0.39, 0.29) is 6.10 Å². The molecule has 0 saturated heterocycles. The highest BCUT2D eigenvalue weighted by atomic mass is 16.3. The Morgan fingerprint density at radius 3 is 2.21 bits per heavy atom. The standard InChI is InChI=1S/C12H26O2/c1-4-5-6-9-12(3,14)10-7-8-11(2)13/h11,13-14H,4-10H2,1-3H3. The molecule has 0 heterocycles. The van der Waals surface area contributed by atoms with Crippen molar-refractivity contribution >= 4 is 0 Å². The van der Waals surface area contributed by atoms with Gasteiger partial charge in [-0.1, -0.05) is 26.2 Å². The van der Waals surface area contributed by atoms with Crippen molar-refractivity contribution in [2.24, 2.45) is 0 Å². The molecule has 0 aromatic carbocycles. The van der Waals surface area contributed by atoms with Gasteiger partial charge in [0, 0.05) is 0 Å². The summed E-state index contributed by atoms with van der Waals surface area (Å²) in [4.78, 5) is 0. The fourth-order valence-corrected chi connectivity index (χ4v) is 1.66. The van der Waals surface area contributed by atoms with Crippen molar-refractivity contribution in [2.45, 2.75) is 77.4 Å². The normalized spacial score (nSPS) is 17.8. The molecule has 0 rings (SSSR count). The predicted molar refractivity (Wildman–Crippen MR) is 60.3 cm³/mol. The molecule has 2 heteroatoms. The molecular formula is C12H26O2. The molecule has 0 saturated carbocycles. The van der Waals surface area contributed by atoms with Gasteiger partial charge in [-0.25, -0.2) is 0 Å². The van der Waals surface area contributed by atoms with Crippen LogP contribution in [0.4, 0.5) is 0 Å². The van der Waals surface area contributed by atoms with Gasteiger partial charge in [0.05, 0.1) is 11.7 Å². The van der Waals surface area contributed by atoms with Gasteiger partial charge >= 0.3 is 0 Å². The largest absolute Gasteiger partial charge is 0.393 e. The molecule has 0 aromatic rings. The van der Waals surface area contributed by atoms with Crippen molar-refractivity contribution in [1.82, 2.24) is 0 Å². The second-order valence-corrected chi connectivity index (χ2v) is 4.70. The third-order valence-corrected chi connectivity index (χ3v) is 2.66. The highest BCUT2D eigenvalue weighted by Gasteiger charge is 2.18. The van der Waals surface area contributed by atoms with Crippen LogP contribution >= 0.6 is 0 Å². The maximum atomic E-state index is 9.97. The fourth-order valence-electron chi connectivity index (χ4n) is 1.66. The van der Waals surface area contributed by atoms with E-state index in [1.165, 1.54) is 12.8 Å². The van der Waals surface area contributed by atoms with Gasteiger partial charge in [-0.2, -0.15) is 0 Å². The van der Waals surface area contributed by atoms with Gasteiger partial charge in [0.2, 0.25) is 0 Å². The zero-order valence-electron chi connectivity index (χ0n) is 9.92. The summed E-state index contributed by atoms with van der Waals surface area (Å²) < 4.78 is 0. The highest BCUT2D eigenvalue weighted by Crippen LogP contribution is 2.21. The van der Waals surface area contributed by atoms with Crippen LogP contribution in [0.3, 0.4) is 0 Å². The fraction of sp³-hybridized carbons (Fsp3) is 1.00. The quantitative estimate of drug-likeness (QED) is 0.594. The Hall–Kier alpha value is -0.0800. The zero-order chi connectivity index (χ0) is 11.0. The third kappa shape index (κ3) is 8.52. The molecule has 0 aliphatic heterocycles. The average Bonchev–Trinajstić information content (AvgIpc) is 2.03. The number of aliphatic hydroxyl groups excluding tert-OH is 1. The zero-order valence-corrected chi connectivity index (χ0v) is 9.92. The van der Waals surface area contributed by atoms with Crippen molar-refractivity contribution in [3.63, 3.8) is 0 Å². The van der Waals surface area contributed by atoms with Crippen LogP contribution in [0.15, 0.2) is 0 Å². The minimum absolute atomic E-state index is 0.235. The SMILES string of the molecule is CCCCCC(C)(O)CCCC(C)O. The van der Waals surface area contributed by atoms with Crippen molar-refractivity contribution in [1.29, 1.82) is 0 Å². The number of unbranched alkanes of at least 4 members (excludes halogenated alkanes) is 2. The molecule has 0 aliphatic rings. The first-order chi connectivity index (χ1) is 6.48. The summed E-state index contributed by atoms with van der Waals surface area (Å²) in [5.41, 5.74) is -0.524. The van der Waals surface area contributed by atoms with Gasteiger partial charge in [0.1, 0.15) is 0 Å². The van der Waals surface area contributed by atoms with E-state index < -0.39 is 5.60 Å². The molecule has 0 spiro atoms. The predicted octanol–water partition coefficient (Wildman–Crippen LogP) is 2.87. The first kappa shape index (κ1) is 13.9. The minimum Gasteiger partial charge on any atom is -0.393 e. The molecule has 86 valence electrons. The molecule has 0 aromatic heterocycles. The van der Waals surface area contributed by atoms with Crippen molar-refractivity contribution in [2.75, 3.05) is 0 Å². The van der Waals surface area contributed by atoms with E-state index in [2.05, 4.69) is 6.92 Å². The Kier molecular flexibility index (Phi) is 7.20. The van der Waals surface area contributed by atoms with E-state index >= 15 is 0 Å². The van der Waals surface area contributed by atoms with Crippen LogP contribution in [0.2, 0.25) is 0 Å². The Morgan fingerprint density at radius 2 is 1.71 bits per heavy atom. The average molecular weight is 202 g/mol. The summed E-state index contributed by atoms with van der Waals surface area (Å²) in [6.07, 6.45) is 6.68. The number of rotatable bonds is 8. The lowest BCUT2D eigenvalue weighted by Crippen LogP contribution is -2.24. The van der Waals surface area contributed by atoms with E-state index in [1.54, 1.807) is 6.92 Å². The van der Waals surface area contributed by atoms with Crippen LogP contribution in [0.1, 0.15) is 65.7 Å². The monoisotopic (exact) mass is 202 g/mol.